The van der Waals surface area contributed by atoms with E-state index >= 15 is 0 Å². The number of aromatic nitrogens is 3. The summed E-state index contributed by atoms with van der Waals surface area (Å²) in [7, 11) is 1.42. The van der Waals surface area contributed by atoms with E-state index in [-0.39, 0.29) is 17.6 Å². The van der Waals surface area contributed by atoms with Gasteiger partial charge in [0, 0.05) is 37.8 Å². The highest BCUT2D eigenvalue weighted by atomic mass is 19.1. The molecule has 34 heavy (non-hydrogen) atoms. The van der Waals surface area contributed by atoms with Crippen LogP contribution < -0.4 is 4.74 Å². The Hall–Kier alpha value is -3.75. The Labute approximate surface area is 196 Å². The maximum absolute atomic E-state index is 13.9. The van der Waals surface area contributed by atoms with Gasteiger partial charge in [-0.05, 0) is 66.6 Å². The monoisotopic (exact) mass is 463 g/mol. The van der Waals surface area contributed by atoms with Crippen LogP contribution >= 0.6 is 0 Å². The molecule has 0 aliphatic carbocycles. The summed E-state index contributed by atoms with van der Waals surface area (Å²) in [5.41, 5.74) is 2.64. The summed E-state index contributed by atoms with van der Waals surface area (Å²) >= 11 is 0. The highest BCUT2D eigenvalue weighted by Crippen LogP contribution is 2.33. The minimum absolute atomic E-state index is 0.0144. The molecule has 2 atom stereocenters. The number of halogens is 1. The van der Waals surface area contributed by atoms with Crippen molar-refractivity contribution in [3.8, 4) is 5.75 Å². The second kappa shape index (κ2) is 9.24. The van der Waals surface area contributed by atoms with Gasteiger partial charge < -0.3 is 14.5 Å². The molecule has 3 heterocycles. The van der Waals surface area contributed by atoms with E-state index in [2.05, 4.69) is 15.4 Å². The molecule has 8 nitrogen and oxygen atoms in total. The summed E-state index contributed by atoms with van der Waals surface area (Å²) in [6.45, 7) is 2.69. The maximum Gasteiger partial charge on any atom is 0.253 e. The van der Waals surface area contributed by atoms with Gasteiger partial charge in [0.15, 0.2) is 11.6 Å². The number of hydrogen-bond acceptors (Lipinski definition) is 5. The number of ether oxygens (including phenoxy) is 1. The molecule has 2 amide bonds. The van der Waals surface area contributed by atoms with Crippen molar-refractivity contribution in [2.75, 3.05) is 33.3 Å². The number of benzene rings is 2. The molecule has 1 aromatic heterocycles. The number of carbonyl (C=O) groups is 2. The van der Waals surface area contributed by atoms with Crippen LogP contribution in [-0.2, 0) is 4.79 Å². The minimum atomic E-state index is -0.459. The van der Waals surface area contributed by atoms with E-state index in [1.165, 1.54) is 19.3 Å². The molecular weight excluding hydrogens is 437 g/mol. The zero-order valence-electron chi connectivity index (χ0n) is 18.9. The van der Waals surface area contributed by atoms with Crippen LogP contribution in [0.15, 0.2) is 42.5 Å². The second-order valence-corrected chi connectivity index (χ2v) is 8.89. The lowest BCUT2D eigenvalue weighted by molar-refractivity contribution is -0.126. The number of hydrogen-bond donors (Lipinski definition) is 1. The summed E-state index contributed by atoms with van der Waals surface area (Å²) in [6.07, 6.45) is 4.84. The Balaban J connectivity index is 1.18. The lowest BCUT2D eigenvalue weighted by atomic mass is 9.92. The van der Waals surface area contributed by atoms with Gasteiger partial charge in [0.05, 0.1) is 7.11 Å². The predicted octanol–water partition coefficient (Wildman–Crippen LogP) is 3.13. The van der Waals surface area contributed by atoms with Crippen LogP contribution in [0, 0.1) is 17.7 Å². The first-order chi connectivity index (χ1) is 16.5. The van der Waals surface area contributed by atoms with Crippen molar-refractivity contribution < 1.29 is 18.7 Å². The summed E-state index contributed by atoms with van der Waals surface area (Å²) in [5, 5.41) is 10.7. The third-order valence-corrected chi connectivity index (χ3v) is 6.87. The van der Waals surface area contributed by atoms with E-state index in [1.807, 2.05) is 9.80 Å². The second-order valence-electron chi connectivity index (χ2n) is 8.89. The van der Waals surface area contributed by atoms with Crippen LogP contribution in [0.2, 0.25) is 0 Å². The SMILES string of the molecule is COc1ccc(/C=C/C(=O)N2CCC3CN(C(=O)c4ccc5n[nH]nc5c4)CC3CC2)cc1F. The number of nitrogens with one attached hydrogen (secondary N) is 1. The third-order valence-electron chi connectivity index (χ3n) is 6.87. The van der Waals surface area contributed by atoms with Crippen molar-refractivity contribution in [3.05, 3.63) is 59.4 Å². The van der Waals surface area contributed by atoms with Crippen LogP contribution in [0.25, 0.3) is 17.1 Å². The molecule has 1 N–H and O–H groups in total. The standard InChI is InChI=1S/C25H26FN5O3/c1-34-23-6-2-16(12-20(23)26)3-7-24(32)30-10-8-18-14-31(15-19(18)9-11-30)25(33)17-4-5-21-22(13-17)28-29-27-21/h2-7,12-13,18-19H,8-11,14-15H2,1H3,(H,27,28,29)/b7-3+. The average molecular weight is 464 g/mol. The smallest absolute Gasteiger partial charge is 0.253 e. The lowest BCUT2D eigenvalue weighted by Crippen LogP contribution is -2.33. The number of likely N-dealkylation sites (tertiary alicyclic amines) is 2. The fourth-order valence-corrected chi connectivity index (χ4v) is 4.95. The van der Waals surface area contributed by atoms with Crippen LogP contribution in [0.1, 0.15) is 28.8 Å². The van der Waals surface area contributed by atoms with Crippen molar-refractivity contribution in [1.82, 2.24) is 25.2 Å². The molecule has 0 radical (unpaired) electrons. The van der Waals surface area contributed by atoms with Crippen molar-refractivity contribution in [2.24, 2.45) is 11.8 Å². The number of methoxy groups -OCH3 is 1. The van der Waals surface area contributed by atoms with Crippen molar-refractivity contribution >= 4 is 28.9 Å². The number of rotatable bonds is 4. The molecule has 5 rings (SSSR count). The summed E-state index contributed by atoms with van der Waals surface area (Å²) in [4.78, 5) is 29.6. The number of carbonyl (C=O) groups excluding carboxylic acids is 2. The first kappa shape index (κ1) is 22.1. The number of fused-ring (bicyclic) bond motifs is 2. The molecule has 2 aromatic carbocycles. The largest absolute Gasteiger partial charge is 0.494 e. The molecule has 2 saturated heterocycles. The molecule has 2 aliphatic rings. The van der Waals surface area contributed by atoms with E-state index in [1.54, 1.807) is 36.4 Å². The molecule has 3 aromatic rings. The number of amides is 2. The Morgan fingerprint density at radius 2 is 1.76 bits per heavy atom. The molecule has 0 spiro atoms. The molecular formula is C25H26FN5O3. The number of nitrogens with zero attached hydrogens (tertiary/aromatic N) is 4. The minimum Gasteiger partial charge on any atom is -0.494 e. The van der Waals surface area contributed by atoms with Gasteiger partial charge in [0.25, 0.3) is 5.91 Å². The molecule has 2 unspecified atom stereocenters. The first-order valence-corrected chi connectivity index (χ1v) is 11.4. The topological polar surface area (TPSA) is 91.4 Å². The van der Waals surface area contributed by atoms with E-state index < -0.39 is 5.82 Å². The molecule has 176 valence electrons. The van der Waals surface area contributed by atoms with Crippen LogP contribution in [0.3, 0.4) is 0 Å². The molecule has 2 fully saturated rings. The third kappa shape index (κ3) is 4.37. The van der Waals surface area contributed by atoms with E-state index in [9.17, 15) is 14.0 Å². The van der Waals surface area contributed by atoms with Gasteiger partial charge in [0.2, 0.25) is 5.91 Å². The number of H-pyrrole nitrogens is 1. The molecule has 0 saturated carbocycles. The number of aromatic amines is 1. The van der Waals surface area contributed by atoms with Crippen LogP contribution in [-0.4, -0.2) is 70.3 Å². The molecule has 2 aliphatic heterocycles. The fourth-order valence-electron chi connectivity index (χ4n) is 4.95. The average Bonchev–Trinajstić information content (AvgIpc) is 3.44. The normalized spacial score (nSPS) is 20.5. The predicted molar refractivity (Wildman–Crippen MR) is 125 cm³/mol. The summed E-state index contributed by atoms with van der Waals surface area (Å²) < 4.78 is 18.8. The highest BCUT2D eigenvalue weighted by Gasteiger charge is 2.37. The Morgan fingerprint density at radius 3 is 2.47 bits per heavy atom. The van der Waals surface area contributed by atoms with Gasteiger partial charge in [-0.3, -0.25) is 9.59 Å². The summed E-state index contributed by atoms with van der Waals surface area (Å²) in [5.74, 6) is 0.397. The molecule has 0 bridgehead atoms. The van der Waals surface area contributed by atoms with Crippen molar-refractivity contribution in [1.29, 1.82) is 0 Å². The highest BCUT2D eigenvalue weighted by molar-refractivity contribution is 5.97. The van der Waals surface area contributed by atoms with E-state index in [0.717, 1.165) is 18.4 Å². The Bertz CT molecular complexity index is 1240. The summed E-state index contributed by atoms with van der Waals surface area (Å²) in [6, 6.07) is 9.98. The van der Waals surface area contributed by atoms with Gasteiger partial charge in [-0.1, -0.05) is 6.07 Å². The van der Waals surface area contributed by atoms with Crippen molar-refractivity contribution in [3.63, 3.8) is 0 Å². The Morgan fingerprint density at radius 1 is 1.03 bits per heavy atom. The van der Waals surface area contributed by atoms with Crippen LogP contribution in [0.5, 0.6) is 5.75 Å². The quantitative estimate of drug-likeness (QED) is 0.601. The van der Waals surface area contributed by atoms with Crippen molar-refractivity contribution in [2.45, 2.75) is 12.8 Å². The maximum atomic E-state index is 13.9. The van der Waals surface area contributed by atoms with Gasteiger partial charge >= 0.3 is 0 Å². The zero-order valence-corrected chi connectivity index (χ0v) is 18.9. The molecule has 9 heteroatoms. The zero-order chi connectivity index (χ0) is 23.7. The fraction of sp³-hybridized carbons (Fsp3) is 0.360. The Kier molecular flexibility index (Phi) is 6.00. The van der Waals surface area contributed by atoms with Gasteiger partial charge in [-0.2, -0.15) is 15.4 Å². The van der Waals surface area contributed by atoms with Gasteiger partial charge in [0.1, 0.15) is 11.0 Å². The first-order valence-electron chi connectivity index (χ1n) is 11.4. The van der Waals surface area contributed by atoms with E-state index in [0.29, 0.717) is 54.7 Å². The van der Waals surface area contributed by atoms with E-state index in [4.69, 9.17) is 4.74 Å². The van der Waals surface area contributed by atoms with Crippen LogP contribution in [0.4, 0.5) is 4.39 Å². The van der Waals surface area contributed by atoms with Gasteiger partial charge in [-0.15, -0.1) is 0 Å². The van der Waals surface area contributed by atoms with Gasteiger partial charge in [-0.25, -0.2) is 4.39 Å². The lowest BCUT2D eigenvalue weighted by Gasteiger charge is -2.21.